The second kappa shape index (κ2) is 5.26. The molecule has 0 saturated carbocycles. The zero-order valence-electron chi connectivity index (χ0n) is 9.53. The van der Waals surface area contributed by atoms with Crippen molar-refractivity contribution in [2.45, 2.75) is 32.2 Å². The largest absolute Gasteiger partial charge is 0.350 e. The molecule has 0 radical (unpaired) electrons. The summed E-state index contributed by atoms with van der Waals surface area (Å²) in [5.41, 5.74) is 0.757. The molecule has 1 heterocycles. The van der Waals surface area contributed by atoms with E-state index in [0.29, 0.717) is 6.42 Å². The third-order valence-corrected chi connectivity index (χ3v) is 2.11. The van der Waals surface area contributed by atoms with Gasteiger partial charge in [0.1, 0.15) is 6.42 Å². The van der Waals surface area contributed by atoms with E-state index >= 15 is 0 Å². The van der Waals surface area contributed by atoms with Gasteiger partial charge in [0.25, 0.3) is 0 Å². The predicted octanol–water partition coefficient (Wildman–Crippen LogP) is 1.43. The maximum absolute atomic E-state index is 11.3. The number of hydrogen-bond donors (Lipinski definition) is 1. The zero-order chi connectivity index (χ0) is 12.0. The van der Waals surface area contributed by atoms with Crippen LogP contribution in [0.3, 0.4) is 0 Å². The molecular weight excluding hydrogens is 202 g/mol. The summed E-state index contributed by atoms with van der Waals surface area (Å²) >= 11 is 0. The monoisotopic (exact) mass is 217 g/mol. The normalized spacial score (nSPS) is 10.6. The van der Waals surface area contributed by atoms with Gasteiger partial charge >= 0.3 is 0 Å². The third-order valence-electron chi connectivity index (χ3n) is 2.11. The molecule has 0 aliphatic heterocycles. The number of nitrogens with zero attached hydrogens (tertiary/aromatic N) is 2. The van der Waals surface area contributed by atoms with Crippen molar-refractivity contribution in [3.63, 3.8) is 0 Å². The van der Waals surface area contributed by atoms with Crippen LogP contribution in [0.4, 0.5) is 0 Å². The lowest BCUT2D eigenvalue weighted by atomic mass is 9.95. The number of pyridine rings is 1. The van der Waals surface area contributed by atoms with E-state index in [-0.39, 0.29) is 17.9 Å². The molecule has 0 aromatic carbocycles. The molecule has 0 saturated heterocycles. The van der Waals surface area contributed by atoms with Crippen LogP contribution >= 0.6 is 0 Å². The van der Waals surface area contributed by atoms with E-state index in [9.17, 15) is 4.79 Å². The molecule has 1 amide bonds. The summed E-state index contributed by atoms with van der Waals surface area (Å²) in [7, 11) is 0. The number of nitrogens with one attached hydrogen (secondary N) is 1. The van der Waals surface area contributed by atoms with Crippen LogP contribution in [0.1, 0.15) is 25.8 Å². The fraction of sp³-hybridized carbons (Fsp3) is 0.417. The van der Waals surface area contributed by atoms with E-state index in [1.807, 2.05) is 32.0 Å². The topological polar surface area (TPSA) is 65.8 Å². The van der Waals surface area contributed by atoms with Crippen molar-refractivity contribution in [3.8, 4) is 6.07 Å². The van der Waals surface area contributed by atoms with E-state index in [4.69, 9.17) is 5.26 Å². The molecule has 4 nitrogen and oxygen atoms in total. The van der Waals surface area contributed by atoms with Gasteiger partial charge in [-0.15, -0.1) is 0 Å². The zero-order valence-corrected chi connectivity index (χ0v) is 9.53. The van der Waals surface area contributed by atoms with Crippen molar-refractivity contribution in [1.29, 1.82) is 5.26 Å². The summed E-state index contributed by atoms with van der Waals surface area (Å²) < 4.78 is 0. The van der Waals surface area contributed by atoms with Crippen LogP contribution in [-0.4, -0.2) is 16.4 Å². The predicted molar refractivity (Wildman–Crippen MR) is 60.4 cm³/mol. The molecule has 0 atom stereocenters. The smallest absolute Gasteiger partial charge is 0.234 e. The quantitative estimate of drug-likeness (QED) is 0.829. The molecular formula is C12H15N3O. The van der Waals surface area contributed by atoms with Crippen LogP contribution in [0.2, 0.25) is 0 Å². The van der Waals surface area contributed by atoms with Crippen molar-refractivity contribution in [2.24, 2.45) is 0 Å². The summed E-state index contributed by atoms with van der Waals surface area (Å²) in [6.45, 7) is 3.87. The molecule has 1 aromatic rings. The number of hydrogen-bond acceptors (Lipinski definition) is 3. The summed E-state index contributed by atoms with van der Waals surface area (Å²) in [6.07, 6.45) is 4.07. The first kappa shape index (κ1) is 12.2. The van der Waals surface area contributed by atoms with Crippen LogP contribution in [0.15, 0.2) is 24.5 Å². The van der Waals surface area contributed by atoms with E-state index in [1.165, 1.54) is 0 Å². The molecule has 0 fully saturated rings. The van der Waals surface area contributed by atoms with Gasteiger partial charge in [-0.2, -0.15) is 5.26 Å². The van der Waals surface area contributed by atoms with E-state index < -0.39 is 0 Å². The molecule has 1 rings (SSSR count). The molecule has 0 bridgehead atoms. The summed E-state index contributed by atoms with van der Waals surface area (Å²) in [5, 5.41) is 11.2. The third kappa shape index (κ3) is 4.09. The molecule has 0 aliphatic rings. The average Bonchev–Trinajstić information content (AvgIpc) is 2.17. The number of nitriles is 1. The number of rotatable bonds is 4. The Labute approximate surface area is 95.3 Å². The SMILES string of the molecule is CC(C)(Cc1ccncc1)NC(=O)CC#N. The van der Waals surface area contributed by atoms with Gasteiger partial charge in [0.2, 0.25) is 5.91 Å². The van der Waals surface area contributed by atoms with Gasteiger partial charge in [0.15, 0.2) is 0 Å². The van der Waals surface area contributed by atoms with Crippen LogP contribution in [0.5, 0.6) is 0 Å². The Balaban J connectivity index is 2.59. The van der Waals surface area contributed by atoms with Gasteiger partial charge in [0.05, 0.1) is 6.07 Å². The van der Waals surface area contributed by atoms with Crippen molar-refractivity contribution >= 4 is 5.91 Å². The minimum Gasteiger partial charge on any atom is -0.350 e. The lowest BCUT2D eigenvalue weighted by Gasteiger charge is -2.25. The Hall–Kier alpha value is -1.89. The Bertz CT molecular complexity index is 392. The number of carbonyl (C=O) groups excluding carboxylic acids is 1. The van der Waals surface area contributed by atoms with Gasteiger partial charge < -0.3 is 5.32 Å². The van der Waals surface area contributed by atoms with E-state index in [2.05, 4.69) is 10.3 Å². The first-order chi connectivity index (χ1) is 7.53. The number of carbonyl (C=O) groups is 1. The molecule has 0 unspecified atom stereocenters. The van der Waals surface area contributed by atoms with Gasteiger partial charge in [-0.3, -0.25) is 9.78 Å². The van der Waals surface area contributed by atoms with Gasteiger partial charge in [-0.05, 0) is 38.0 Å². The second-order valence-electron chi connectivity index (χ2n) is 4.30. The molecule has 0 spiro atoms. The minimum absolute atomic E-state index is 0.0974. The molecule has 0 aliphatic carbocycles. The second-order valence-corrected chi connectivity index (χ2v) is 4.30. The Morgan fingerprint density at radius 2 is 2.12 bits per heavy atom. The number of aromatic nitrogens is 1. The van der Waals surface area contributed by atoms with Gasteiger partial charge in [-0.1, -0.05) is 0 Å². The highest BCUT2D eigenvalue weighted by Crippen LogP contribution is 2.11. The Morgan fingerprint density at radius 3 is 2.69 bits per heavy atom. The van der Waals surface area contributed by atoms with E-state index in [0.717, 1.165) is 5.56 Å². The maximum Gasteiger partial charge on any atom is 0.234 e. The first-order valence-electron chi connectivity index (χ1n) is 5.10. The molecule has 84 valence electrons. The van der Waals surface area contributed by atoms with Crippen molar-refractivity contribution in [3.05, 3.63) is 30.1 Å². The van der Waals surface area contributed by atoms with Crippen LogP contribution in [0.25, 0.3) is 0 Å². The fourth-order valence-electron chi connectivity index (χ4n) is 1.55. The van der Waals surface area contributed by atoms with E-state index in [1.54, 1.807) is 12.4 Å². The van der Waals surface area contributed by atoms with Gasteiger partial charge in [0, 0.05) is 17.9 Å². The fourth-order valence-corrected chi connectivity index (χ4v) is 1.55. The number of amides is 1. The average molecular weight is 217 g/mol. The van der Waals surface area contributed by atoms with Crippen LogP contribution in [-0.2, 0) is 11.2 Å². The first-order valence-corrected chi connectivity index (χ1v) is 5.10. The lowest BCUT2D eigenvalue weighted by Crippen LogP contribution is -2.44. The Kier molecular flexibility index (Phi) is 4.01. The molecule has 1 N–H and O–H groups in total. The van der Waals surface area contributed by atoms with Crippen LogP contribution in [0, 0.1) is 11.3 Å². The minimum atomic E-state index is -0.352. The van der Waals surface area contributed by atoms with Crippen molar-refractivity contribution in [2.75, 3.05) is 0 Å². The maximum atomic E-state index is 11.3. The molecule has 4 heteroatoms. The molecule has 1 aromatic heterocycles. The van der Waals surface area contributed by atoms with Crippen LogP contribution < -0.4 is 5.32 Å². The Morgan fingerprint density at radius 1 is 1.50 bits per heavy atom. The highest BCUT2D eigenvalue weighted by molar-refractivity contribution is 5.78. The summed E-state index contributed by atoms with van der Waals surface area (Å²) in [4.78, 5) is 15.2. The lowest BCUT2D eigenvalue weighted by molar-refractivity contribution is -0.121. The van der Waals surface area contributed by atoms with Gasteiger partial charge in [-0.25, -0.2) is 0 Å². The van der Waals surface area contributed by atoms with Crippen molar-refractivity contribution < 1.29 is 4.79 Å². The van der Waals surface area contributed by atoms with Crippen molar-refractivity contribution in [1.82, 2.24) is 10.3 Å². The summed E-state index contributed by atoms with van der Waals surface area (Å²) in [6, 6.07) is 5.66. The standard InChI is InChI=1S/C12H15N3O/c1-12(2,15-11(16)3-6-13)9-10-4-7-14-8-5-10/h4-5,7-8H,3,9H2,1-2H3,(H,15,16). The highest BCUT2D eigenvalue weighted by atomic mass is 16.1. The molecule has 16 heavy (non-hydrogen) atoms. The highest BCUT2D eigenvalue weighted by Gasteiger charge is 2.20. The summed E-state index contributed by atoms with van der Waals surface area (Å²) in [5.74, 6) is -0.235.